The Morgan fingerprint density at radius 3 is 1.29 bits per heavy atom. The van der Waals surface area contributed by atoms with Crippen LogP contribution in [0.5, 0.6) is 0 Å². The fourth-order valence-corrected chi connectivity index (χ4v) is 0. The molecule has 0 aliphatic carbocycles. The zero-order chi connectivity index (χ0) is 3.58. The maximum Gasteiger partial charge on any atom is 0.316 e. The van der Waals surface area contributed by atoms with Crippen molar-refractivity contribution in [2.24, 2.45) is 0 Å². The van der Waals surface area contributed by atoms with Gasteiger partial charge in [-0.1, -0.05) is 0 Å². The van der Waals surface area contributed by atoms with Gasteiger partial charge in [-0.2, -0.15) is 0 Å². The van der Waals surface area contributed by atoms with E-state index in [2.05, 4.69) is 0 Å². The molecule has 0 spiro atoms. The molecule has 0 bridgehead atoms. The Hall–Kier alpha value is 1.50. The first kappa shape index (κ1) is 23.6. The average molecular weight is 167 g/mol. The molecule has 0 amide bonds. The van der Waals surface area contributed by atoms with E-state index >= 15 is 0 Å². The zero-order valence-corrected chi connectivity index (χ0v) is 4.36. The molecule has 0 rings (SSSR count). The quantitative estimate of drug-likeness (QED) is 0.374. The topological polar surface area (TPSA) is 57.5 Å². The largest absolute Gasteiger partial charge is 0.316 e. The van der Waals surface area contributed by atoms with E-state index in [9.17, 15) is 0 Å². The van der Waals surface area contributed by atoms with Crippen molar-refractivity contribution < 1.29 is 31.1 Å². The standard InChI is InChI=1S/Li.Mg.Mn.H2O3Si.3H/c;;;1-4(2)3;;;/h;;;1-2H;;;. The van der Waals surface area contributed by atoms with Crippen LogP contribution in [0.4, 0.5) is 0 Å². The van der Waals surface area contributed by atoms with Crippen molar-refractivity contribution in [1.82, 2.24) is 0 Å². The average Bonchev–Trinajstić information content (AvgIpc) is 0.811. The normalized spacial score (nSPS) is 3.43. The molecular weight excluding hydrogens is 162 g/mol. The molecule has 1 radical (unpaired) electrons. The van der Waals surface area contributed by atoms with Crippen LogP contribution in [0.3, 0.4) is 0 Å². The predicted octanol–water partition coefficient (Wildman–Crippen LogP) is -3.18. The van der Waals surface area contributed by atoms with Crippen molar-refractivity contribution in [2.45, 2.75) is 0 Å². The van der Waals surface area contributed by atoms with Gasteiger partial charge in [0, 0.05) is 17.1 Å². The summed E-state index contributed by atoms with van der Waals surface area (Å²) in [4.78, 5) is 14.3. The molecule has 7 heavy (non-hydrogen) atoms. The molecule has 0 unspecified atom stereocenters. The van der Waals surface area contributed by atoms with Gasteiger partial charge in [0.25, 0.3) is 0 Å². The van der Waals surface area contributed by atoms with Crippen LogP contribution in [0.2, 0.25) is 0 Å². The first-order chi connectivity index (χ1) is 1.73. The van der Waals surface area contributed by atoms with E-state index in [1.165, 1.54) is 0 Å². The van der Waals surface area contributed by atoms with Gasteiger partial charge in [0.2, 0.25) is 0 Å². The number of hydrogen-bond acceptors (Lipinski definition) is 1. The monoisotopic (exact) mass is 167 g/mol. The third kappa shape index (κ3) is 101. The fraction of sp³-hybridized carbons (Fsp3) is 0. The molecule has 0 atom stereocenters. The molecule has 0 heterocycles. The summed E-state index contributed by atoms with van der Waals surface area (Å²) in [6.45, 7) is 0. The summed E-state index contributed by atoms with van der Waals surface area (Å²) >= 11 is 0. The van der Waals surface area contributed by atoms with E-state index in [0.717, 1.165) is 0 Å². The number of hydrogen-bond donors (Lipinski definition) is 2. The second-order valence-electron chi connectivity index (χ2n) is 0.283. The van der Waals surface area contributed by atoms with Crippen LogP contribution in [-0.2, 0) is 21.5 Å². The Labute approximate surface area is 81.6 Å². The van der Waals surface area contributed by atoms with Crippen molar-refractivity contribution in [2.75, 3.05) is 0 Å². The first-order valence-electron chi connectivity index (χ1n) is 0.651. The van der Waals surface area contributed by atoms with Gasteiger partial charge in [0.1, 0.15) is 0 Å². The summed E-state index contributed by atoms with van der Waals surface area (Å²) in [5.41, 5.74) is 0. The molecule has 37 valence electrons. The van der Waals surface area contributed by atoms with Crippen LogP contribution >= 0.6 is 0 Å². The fourth-order valence-electron chi connectivity index (χ4n) is 0. The third-order valence-electron chi connectivity index (χ3n) is 0. The molecule has 0 fully saturated rings. The molecule has 0 aliphatic rings. The summed E-state index contributed by atoms with van der Waals surface area (Å²) in [5.74, 6) is 0. The van der Waals surface area contributed by atoms with Crippen LogP contribution < -0.4 is 0 Å². The molecule has 0 saturated heterocycles. The third-order valence-corrected chi connectivity index (χ3v) is 0. The summed E-state index contributed by atoms with van der Waals surface area (Å²) < 4.78 is 8.74. The van der Waals surface area contributed by atoms with Gasteiger partial charge >= 0.3 is 51.1 Å². The second-order valence-corrected chi connectivity index (χ2v) is 0.848. The smallest absolute Gasteiger partial charge is 0 e. The Balaban J connectivity index is -0.0000000150. The molecule has 0 saturated carbocycles. The maximum absolute atomic E-state index is 8.74. The SMILES string of the molecule is O=[Si](O)O.[LiH].[MgH2].[Mn]. The molecule has 2 N–H and O–H groups in total. The van der Waals surface area contributed by atoms with E-state index in [4.69, 9.17) is 14.1 Å². The van der Waals surface area contributed by atoms with Gasteiger partial charge in [-0.05, 0) is 0 Å². The van der Waals surface area contributed by atoms with E-state index in [1.54, 1.807) is 0 Å². The van der Waals surface area contributed by atoms with E-state index in [0.29, 0.717) is 0 Å². The summed E-state index contributed by atoms with van der Waals surface area (Å²) in [6, 6.07) is 0. The summed E-state index contributed by atoms with van der Waals surface area (Å²) in [5, 5.41) is 0. The zero-order valence-electron chi connectivity index (χ0n) is 2.18. The minimum atomic E-state index is -3.13. The molecular formula is H5LiMgMnO3Si. The molecule has 0 aromatic heterocycles. The van der Waals surface area contributed by atoms with Gasteiger partial charge < -0.3 is 9.59 Å². The van der Waals surface area contributed by atoms with Gasteiger partial charge in [0.05, 0.1) is 0 Å². The first-order valence-corrected chi connectivity index (χ1v) is 1.95. The van der Waals surface area contributed by atoms with E-state index < -0.39 is 9.17 Å². The Morgan fingerprint density at radius 1 is 1.29 bits per heavy atom. The minimum absolute atomic E-state index is 0. The van der Waals surface area contributed by atoms with Crippen molar-refractivity contribution in [3.05, 3.63) is 0 Å². The predicted molar refractivity (Wildman–Crippen MR) is 26.6 cm³/mol. The van der Waals surface area contributed by atoms with Gasteiger partial charge in [0.15, 0.2) is 0 Å². The van der Waals surface area contributed by atoms with E-state index in [1.807, 2.05) is 0 Å². The molecule has 3 nitrogen and oxygen atoms in total. The molecule has 0 aliphatic heterocycles. The Kier molecular flexibility index (Phi) is 52.8. The Bertz CT molecular complexity index is 37.9. The molecule has 0 aromatic carbocycles. The van der Waals surface area contributed by atoms with Gasteiger partial charge in [-0.3, -0.25) is 4.46 Å². The van der Waals surface area contributed by atoms with Crippen LogP contribution in [-0.4, -0.2) is 60.7 Å². The van der Waals surface area contributed by atoms with Crippen LogP contribution in [0.25, 0.3) is 0 Å². The van der Waals surface area contributed by atoms with E-state index in [-0.39, 0.29) is 59.0 Å². The second kappa shape index (κ2) is 15.6. The van der Waals surface area contributed by atoms with Gasteiger partial charge in [-0.25, -0.2) is 0 Å². The summed E-state index contributed by atoms with van der Waals surface area (Å²) in [7, 11) is -3.13. The van der Waals surface area contributed by atoms with Gasteiger partial charge in [-0.15, -0.1) is 0 Å². The summed E-state index contributed by atoms with van der Waals surface area (Å²) in [6.07, 6.45) is 0. The van der Waals surface area contributed by atoms with Crippen molar-refractivity contribution in [3.8, 4) is 0 Å². The maximum atomic E-state index is 8.74. The Morgan fingerprint density at radius 2 is 1.29 bits per heavy atom. The van der Waals surface area contributed by atoms with Crippen molar-refractivity contribution in [3.63, 3.8) is 0 Å². The van der Waals surface area contributed by atoms with Crippen LogP contribution in [0.1, 0.15) is 0 Å². The number of rotatable bonds is 0. The molecule has 7 heteroatoms. The minimum Gasteiger partial charge on any atom is 0 e. The van der Waals surface area contributed by atoms with Crippen LogP contribution in [0, 0.1) is 0 Å². The van der Waals surface area contributed by atoms with Crippen molar-refractivity contribution in [1.29, 1.82) is 0 Å². The molecule has 0 aromatic rings. The van der Waals surface area contributed by atoms with Crippen LogP contribution in [0.15, 0.2) is 0 Å². The van der Waals surface area contributed by atoms with Crippen molar-refractivity contribution >= 4 is 51.1 Å².